The Morgan fingerprint density at radius 2 is 2.15 bits per heavy atom. The zero-order chi connectivity index (χ0) is 14.5. The fourth-order valence-electron chi connectivity index (χ4n) is 2.17. The summed E-state index contributed by atoms with van der Waals surface area (Å²) in [6.45, 7) is 4.15. The Kier molecular flexibility index (Phi) is 5.65. The van der Waals surface area contributed by atoms with E-state index in [1.807, 2.05) is 24.9 Å². The van der Waals surface area contributed by atoms with Crippen LogP contribution in [0.15, 0.2) is 12.4 Å². The SMILES string of the molecule is C[C@@H](C[S@@](C)=O)N(C)c1cc(N2CCSCC2)ncn1. The first-order valence-corrected chi connectivity index (χ1v) is 9.63. The maximum atomic E-state index is 11.3. The molecule has 1 aliphatic heterocycles. The van der Waals surface area contributed by atoms with Gasteiger partial charge in [-0.25, -0.2) is 9.97 Å². The van der Waals surface area contributed by atoms with Crippen molar-refractivity contribution in [1.82, 2.24) is 9.97 Å². The van der Waals surface area contributed by atoms with E-state index in [1.54, 1.807) is 12.6 Å². The smallest absolute Gasteiger partial charge is 0.134 e. The maximum Gasteiger partial charge on any atom is 0.134 e. The van der Waals surface area contributed by atoms with Crippen LogP contribution in [0, 0.1) is 0 Å². The molecule has 0 bridgehead atoms. The summed E-state index contributed by atoms with van der Waals surface area (Å²) in [5, 5.41) is 0. The molecular weight excluding hydrogens is 292 g/mol. The highest BCUT2D eigenvalue weighted by Crippen LogP contribution is 2.21. The molecule has 7 heteroatoms. The Morgan fingerprint density at radius 3 is 2.80 bits per heavy atom. The molecule has 2 rings (SSSR count). The second-order valence-electron chi connectivity index (χ2n) is 5.03. The molecule has 112 valence electrons. The third-order valence-electron chi connectivity index (χ3n) is 3.47. The summed E-state index contributed by atoms with van der Waals surface area (Å²) < 4.78 is 11.3. The lowest BCUT2D eigenvalue weighted by Crippen LogP contribution is -2.35. The molecule has 2 heterocycles. The summed E-state index contributed by atoms with van der Waals surface area (Å²) in [7, 11) is 1.20. The van der Waals surface area contributed by atoms with Gasteiger partial charge in [0.25, 0.3) is 0 Å². The fraction of sp³-hybridized carbons (Fsp3) is 0.692. The molecule has 5 nitrogen and oxygen atoms in total. The van der Waals surface area contributed by atoms with Crippen molar-refractivity contribution in [3.63, 3.8) is 0 Å². The van der Waals surface area contributed by atoms with Crippen LogP contribution in [0.3, 0.4) is 0 Å². The van der Waals surface area contributed by atoms with Crippen LogP contribution in [-0.2, 0) is 10.8 Å². The normalized spacial score (nSPS) is 18.6. The lowest BCUT2D eigenvalue weighted by Gasteiger charge is -2.29. The number of hydrogen-bond donors (Lipinski definition) is 0. The third-order valence-corrected chi connectivity index (χ3v) is 5.37. The van der Waals surface area contributed by atoms with Crippen LogP contribution in [0.4, 0.5) is 11.6 Å². The van der Waals surface area contributed by atoms with Gasteiger partial charge in [-0.05, 0) is 6.92 Å². The van der Waals surface area contributed by atoms with Gasteiger partial charge in [0.2, 0.25) is 0 Å². The Labute approximate surface area is 127 Å². The van der Waals surface area contributed by atoms with Crippen molar-refractivity contribution in [2.45, 2.75) is 13.0 Å². The zero-order valence-corrected chi connectivity index (χ0v) is 13.9. The van der Waals surface area contributed by atoms with E-state index in [0.717, 1.165) is 36.2 Å². The van der Waals surface area contributed by atoms with Crippen LogP contribution < -0.4 is 9.80 Å². The molecule has 0 radical (unpaired) electrons. The predicted molar refractivity (Wildman–Crippen MR) is 88.4 cm³/mol. The van der Waals surface area contributed by atoms with Gasteiger partial charge in [-0.15, -0.1) is 0 Å². The third kappa shape index (κ3) is 4.09. The van der Waals surface area contributed by atoms with Crippen molar-refractivity contribution in [1.29, 1.82) is 0 Å². The van der Waals surface area contributed by atoms with Crippen LogP contribution >= 0.6 is 11.8 Å². The van der Waals surface area contributed by atoms with E-state index in [4.69, 9.17) is 0 Å². The summed E-state index contributed by atoms with van der Waals surface area (Å²) in [5.74, 6) is 4.84. The first-order chi connectivity index (χ1) is 9.58. The molecule has 1 fully saturated rings. The van der Waals surface area contributed by atoms with E-state index < -0.39 is 10.8 Å². The van der Waals surface area contributed by atoms with Gasteiger partial charge >= 0.3 is 0 Å². The van der Waals surface area contributed by atoms with Gasteiger partial charge in [0, 0.05) is 66.6 Å². The van der Waals surface area contributed by atoms with E-state index in [0.29, 0.717) is 5.75 Å². The highest BCUT2D eigenvalue weighted by molar-refractivity contribution is 7.99. The highest BCUT2D eigenvalue weighted by Gasteiger charge is 2.16. The number of thioether (sulfide) groups is 1. The van der Waals surface area contributed by atoms with Gasteiger partial charge in [0.15, 0.2) is 0 Å². The molecule has 0 saturated carbocycles. The minimum absolute atomic E-state index is 0.195. The summed E-state index contributed by atoms with van der Waals surface area (Å²) in [6.07, 6.45) is 3.36. The average molecular weight is 314 g/mol. The van der Waals surface area contributed by atoms with Gasteiger partial charge in [0.05, 0.1) is 0 Å². The Hall–Kier alpha value is -0.820. The summed E-state index contributed by atoms with van der Waals surface area (Å²) in [6, 6.07) is 2.23. The predicted octanol–water partition coefficient (Wildman–Crippen LogP) is 1.23. The second kappa shape index (κ2) is 7.26. The van der Waals surface area contributed by atoms with E-state index >= 15 is 0 Å². The van der Waals surface area contributed by atoms with Crippen LogP contribution in [0.5, 0.6) is 0 Å². The molecule has 1 aromatic rings. The molecule has 0 amide bonds. The van der Waals surface area contributed by atoms with Crippen molar-refractivity contribution in [3.8, 4) is 0 Å². The van der Waals surface area contributed by atoms with Crippen molar-refractivity contribution in [2.24, 2.45) is 0 Å². The Bertz CT molecular complexity index is 465. The molecular formula is C13H22N4OS2. The Morgan fingerprint density at radius 1 is 1.45 bits per heavy atom. The molecule has 0 spiro atoms. The van der Waals surface area contributed by atoms with Gasteiger partial charge in [-0.1, -0.05) is 0 Å². The monoisotopic (exact) mass is 314 g/mol. The average Bonchev–Trinajstić information content (AvgIpc) is 2.47. The van der Waals surface area contributed by atoms with Crippen molar-refractivity contribution < 1.29 is 4.21 Å². The number of hydrogen-bond acceptors (Lipinski definition) is 6. The molecule has 0 aliphatic carbocycles. The second-order valence-corrected chi connectivity index (χ2v) is 7.74. The molecule has 1 aromatic heterocycles. The van der Waals surface area contributed by atoms with Gasteiger partial charge < -0.3 is 9.80 Å². The molecule has 20 heavy (non-hydrogen) atoms. The summed E-state index contributed by atoms with van der Waals surface area (Å²) in [4.78, 5) is 13.1. The lowest BCUT2D eigenvalue weighted by atomic mass is 10.3. The van der Waals surface area contributed by atoms with Gasteiger partial charge in [0.1, 0.15) is 18.0 Å². The van der Waals surface area contributed by atoms with E-state index in [2.05, 4.69) is 26.7 Å². The number of nitrogens with zero attached hydrogens (tertiary/aromatic N) is 4. The van der Waals surface area contributed by atoms with Crippen molar-refractivity contribution >= 4 is 34.2 Å². The van der Waals surface area contributed by atoms with Gasteiger partial charge in [-0.3, -0.25) is 4.21 Å². The molecule has 1 aliphatic rings. The topological polar surface area (TPSA) is 49.3 Å². The minimum atomic E-state index is -0.798. The first kappa shape index (κ1) is 15.6. The Balaban J connectivity index is 2.10. The number of rotatable bonds is 5. The summed E-state index contributed by atoms with van der Waals surface area (Å²) >= 11 is 1.99. The number of anilines is 2. The molecule has 0 unspecified atom stereocenters. The van der Waals surface area contributed by atoms with Crippen LogP contribution in [0.2, 0.25) is 0 Å². The summed E-state index contributed by atoms with van der Waals surface area (Å²) in [5.41, 5.74) is 0. The fourth-order valence-corrected chi connectivity index (χ4v) is 3.98. The van der Waals surface area contributed by atoms with E-state index in [1.165, 1.54) is 0 Å². The zero-order valence-electron chi connectivity index (χ0n) is 12.3. The molecule has 1 saturated heterocycles. The maximum absolute atomic E-state index is 11.3. The lowest BCUT2D eigenvalue weighted by molar-refractivity contribution is 0.673. The minimum Gasteiger partial charge on any atom is -0.356 e. The standard InChI is InChI=1S/C13H22N4OS2/c1-11(9-20(3)18)16(2)12-8-13(15-10-14-12)17-4-6-19-7-5-17/h8,10-11H,4-7,9H2,1-3H3/t11-,20+/m0/s1. The number of aromatic nitrogens is 2. The van der Waals surface area contributed by atoms with Crippen molar-refractivity contribution in [3.05, 3.63) is 12.4 Å². The quantitative estimate of drug-likeness (QED) is 0.815. The van der Waals surface area contributed by atoms with E-state index in [-0.39, 0.29) is 6.04 Å². The van der Waals surface area contributed by atoms with Crippen LogP contribution in [0.1, 0.15) is 6.92 Å². The largest absolute Gasteiger partial charge is 0.356 e. The highest BCUT2D eigenvalue weighted by atomic mass is 32.2. The molecule has 2 atom stereocenters. The van der Waals surface area contributed by atoms with Gasteiger partial charge in [-0.2, -0.15) is 11.8 Å². The van der Waals surface area contributed by atoms with Crippen LogP contribution in [0.25, 0.3) is 0 Å². The van der Waals surface area contributed by atoms with Crippen molar-refractivity contribution in [2.75, 3.05) is 53.5 Å². The molecule has 0 aromatic carbocycles. The van der Waals surface area contributed by atoms with E-state index in [9.17, 15) is 4.21 Å². The van der Waals surface area contributed by atoms with Crippen LogP contribution in [-0.4, -0.2) is 63.9 Å². The first-order valence-electron chi connectivity index (χ1n) is 6.75. The molecule has 0 N–H and O–H groups in total.